The second-order valence-corrected chi connectivity index (χ2v) is 5.19. The number of nitrogens with two attached hydrogens (primary N) is 1. The molecule has 0 aliphatic carbocycles. The number of hydrogen-bond donors (Lipinski definition) is 2. The summed E-state index contributed by atoms with van der Waals surface area (Å²) in [5.41, 5.74) is 8.03. The van der Waals surface area contributed by atoms with Gasteiger partial charge in [-0.25, -0.2) is 0 Å². The van der Waals surface area contributed by atoms with E-state index >= 15 is 0 Å². The molecule has 1 aliphatic rings. The topological polar surface area (TPSA) is 62.4 Å². The Bertz CT molecular complexity index is 377. The molecule has 1 fully saturated rings. The van der Waals surface area contributed by atoms with Crippen molar-refractivity contribution < 1.29 is 5.11 Å². The number of hydrogen-bond acceptors (Lipinski definition) is 4. The molecule has 0 saturated carbocycles. The smallest absolute Gasteiger partial charge is 0.0572 e. The van der Waals surface area contributed by atoms with Gasteiger partial charge in [0.05, 0.1) is 23.7 Å². The van der Waals surface area contributed by atoms with Crippen LogP contribution in [0, 0.1) is 5.92 Å². The highest BCUT2D eigenvalue weighted by Crippen LogP contribution is 2.25. The van der Waals surface area contributed by atoms with Gasteiger partial charge in [0.1, 0.15) is 0 Å². The molecule has 1 aliphatic heterocycles. The molecule has 0 bridgehead atoms. The van der Waals surface area contributed by atoms with Crippen LogP contribution < -0.4 is 10.6 Å². The first-order valence-electron chi connectivity index (χ1n) is 6.76. The SMILES string of the molecule is CC[C@@H](N)c1ccc(N2CCC(C(C)O)C2)cn1. The van der Waals surface area contributed by atoms with Gasteiger partial charge in [0.2, 0.25) is 0 Å². The molecule has 4 nitrogen and oxygen atoms in total. The number of aliphatic hydroxyl groups is 1. The molecule has 18 heavy (non-hydrogen) atoms. The summed E-state index contributed by atoms with van der Waals surface area (Å²) in [4.78, 5) is 6.72. The molecule has 2 rings (SSSR count). The van der Waals surface area contributed by atoms with Crippen molar-refractivity contribution in [1.82, 2.24) is 4.98 Å². The number of rotatable bonds is 4. The van der Waals surface area contributed by atoms with Gasteiger partial charge in [0, 0.05) is 25.0 Å². The minimum atomic E-state index is -0.226. The quantitative estimate of drug-likeness (QED) is 0.852. The van der Waals surface area contributed by atoms with Crippen molar-refractivity contribution in [1.29, 1.82) is 0 Å². The Morgan fingerprint density at radius 3 is 2.83 bits per heavy atom. The minimum absolute atomic E-state index is 0.0304. The van der Waals surface area contributed by atoms with Crippen LogP contribution in [-0.2, 0) is 0 Å². The molecule has 0 amide bonds. The summed E-state index contributed by atoms with van der Waals surface area (Å²) in [6.07, 6.45) is 3.62. The third kappa shape index (κ3) is 2.82. The fraction of sp³-hybridized carbons (Fsp3) is 0.643. The van der Waals surface area contributed by atoms with Gasteiger partial charge in [-0.15, -0.1) is 0 Å². The van der Waals surface area contributed by atoms with Gasteiger partial charge in [-0.3, -0.25) is 4.98 Å². The van der Waals surface area contributed by atoms with E-state index in [1.165, 1.54) is 0 Å². The number of aliphatic hydroxyl groups excluding tert-OH is 1. The van der Waals surface area contributed by atoms with Gasteiger partial charge in [0.25, 0.3) is 0 Å². The zero-order valence-electron chi connectivity index (χ0n) is 11.2. The van der Waals surface area contributed by atoms with E-state index in [1.54, 1.807) is 0 Å². The third-order valence-electron chi connectivity index (χ3n) is 3.86. The van der Waals surface area contributed by atoms with E-state index in [1.807, 2.05) is 19.2 Å². The normalized spacial score (nSPS) is 23.1. The predicted octanol–water partition coefficient (Wildman–Crippen LogP) is 1.70. The maximum absolute atomic E-state index is 9.61. The summed E-state index contributed by atoms with van der Waals surface area (Å²) in [5, 5.41) is 9.61. The van der Waals surface area contributed by atoms with Crippen molar-refractivity contribution in [3.63, 3.8) is 0 Å². The first kappa shape index (κ1) is 13.3. The lowest BCUT2D eigenvalue weighted by Gasteiger charge is -2.20. The van der Waals surface area contributed by atoms with Gasteiger partial charge in [-0.05, 0) is 31.9 Å². The maximum atomic E-state index is 9.61. The van der Waals surface area contributed by atoms with E-state index in [0.29, 0.717) is 5.92 Å². The van der Waals surface area contributed by atoms with Crippen molar-refractivity contribution in [2.45, 2.75) is 38.8 Å². The Morgan fingerprint density at radius 1 is 1.56 bits per heavy atom. The summed E-state index contributed by atoms with van der Waals surface area (Å²) in [6.45, 7) is 5.85. The van der Waals surface area contributed by atoms with Crippen LogP contribution in [0.2, 0.25) is 0 Å². The minimum Gasteiger partial charge on any atom is -0.393 e. The summed E-state index contributed by atoms with van der Waals surface area (Å²) in [5.74, 6) is 0.377. The molecule has 0 spiro atoms. The van der Waals surface area contributed by atoms with Crippen molar-refractivity contribution in [2.24, 2.45) is 11.7 Å². The van der Waals surface area contributed by atoms with Crippen LogP contribution in [-0.4, -0.2) is 29.3 Å². The fourth-order valence-electron chi connectivity index (χ4n) is 2.43. The molecule has 0 radical (unpaired) electrons. The van der Waals surface area contributed by atoms with Gasteiger partial charge in [0.15, 0.2) is 0 Å². The zero-order valence-corrected chi connectivity index (χ0v) is 11.2. The van der Waals surface area contributed by atoms with Gasteiger partial charge in [-0.2, -0.15) is 0 Å². The molecule has 1 aromatic rings. The van der Waals surface area contributed by atoms with Crippen molar-refractivity contribution in [2.75, 3.05) is 18.0 Å². The van der Waals surface area contributed by atoms with E-state index in [9.17, 15) is 5.11 Å². The highest BCUT2D eigenvalue weighted by molar-refractivity contribution is 5.45. The van der Waals surface area contributed by atoms with Gasteiger partial charge >= 0.3 is 0 Å². The maximum Gasteiger partial charge on any atom is 0.0572 e. The molecule has 2 unspecified atom stereocenters. The van der Waals surface area contributed by atoms with Crippen LogP contribution in [0.15, 0.2) is 18.3 Å². The van der Waals surface area contributed by atoms with Crippen LogP contribution in [0.5, 0.6) is 0 Å². The summed E-state index contributed by atoms with van der Waals surface area (Å²) in [6, 6.07) is 4.13. The molecular weight excluding hydrogens is 226 g/mol. The monoisotopic (exact) mass is 249 g/mol. The summed E-state index contributed by atoms with van der Waals surface area (Å²) < 4.78 is 0. The lowest BCUT2D eigenvalue weighted by molar-refractivity contribution is 0.136. The molecular formula is C14H23N3O. The molecule has 1 aromatic heterocycles. The van der Waals surface area contributed by atoms with E-state index < -0.39 is 0 Å². The van der Waals surface area contributed by atoms with Gasteiger partial charge < -0.3 is 15.7 Å². The first-order valence-corrected chi connectivity index (χ1v) is 6.76. The molecule has 3 N–H and O–H groups in total. The van der Waals surface area contributed by atoms with E-state index in [-0.39, 0.29) is 12.1 Å². The largest absolute Gasteiger partial charge is 0.393 e. The third-order valence-corrected chi connectivity index (χ3v) is 3.86. The molecule has 0 aromatic carbocycles. The second kappa shape index (κ2) is 5.67. The van der Waals surface area contributed by atoms with Crippen LogP contribution in [0.3, 0.4) is 0 Å². The van der Waals surface area contributed by atoms with Crippen LogP contribution in [0.25, 0.3) is 0 Å². The lowest BCUT2D eigenvalue weighted by atomic mass is 10.0. The molecule has 3 atom stereocenters. The van der Waals surface area contributed by atoms with Crippen molar-refractivity contribution in [3.8, 4) is 0 Å². The summed E-state index contributed by atoms with van der Waals surface area (Å²) in [7, 11) is 0. The average Bonchev–Trinajstić information content (AvgIpc) is 2.88. The lowest BCUT2D eigenvalue weighted by Crippen LogP contribution is -2.24. The average molecular weight is 249 g/mol. The Balaban J connectivity index is 2.02. The first-order chi connectivity index (χ1) is 8.61. The van der Waals surface area contributed by atoms with Crippen LogP contribution in [0.1, 0.15) is 38.4 Å². The zero-order chi connectivity index (χ0) is 13.1. The second-order valence-electron chi connectivity index (χ2n) is 5.19. The van der Waals surface area contributed by atoms with Gasteiger partial charge in [-0.1, -0.05) is 6.92 Å². The standard InChI is InChI=1S/C14H23N3O/c1-3-13(15)14-5-4-12(8-16-14)17-7-6-11(9-17)10(2)18/h4-5,8,10-11,13,18H,3,6-7,9,15H2,1-2H3/t10?,11?,13-/m1/s1. The van der Waals surface area contributed by atoms with Crippen molar-refractivity contribution in [3.05, 3.63) is 24.0 Å². The number of nitrogens with zero attached hydrogens (tertiary/aromatic N) is 2. The molecule has 2 heterocycles. The number of pyridine rings is 1. The molecule has 1 saturated heterocycles. The Hall–Kier alpha value is -1.13. The van der Waals surface area contributed by atoms with E-state index in [4.69, 9.17) is 5.73 Å². The molecule has 4 heteroatoms. The number of anilines is 1. The Morgan fingerprint density at radius 2 is 2.33 bits per heavy atom. The fourth-order valence-corrected chi connectivity index (χ4v) is 2.43. The Kier molecular flexibility index (Phi) is 4.19. The summed E-state index contributed by atoms with van der Waals surface area (Å²) >= 11 is 0. The number of aromatic nitrogens is 1. The molecule has 100 valence electrons. The van der Waals surface area contributed by atoms with Crippen molar-refractivity contribution >= 4 is 5.69 Å². The highest BCUT2D eigenvalue weighted by Gasteiger charge is 2.26. The predicted molar refractivity (Wildman–Crippen MR) is 73.5 cm³/mol. The van der Waals surface area contributed by atoms with Crippen LogP contribution >= 0.6 is 0 Å². The van der Waals surface area contributed by atoms with E-state index in [2.05, 4.69) is 22.9 Å². The Labute approximate surface area is 109 Å². The van der Waals surface area contributed by atoms with E-state index in [0.717, 1.165) is 37.3 Å². The van der Waals surface area contributed by atoms with Crippen LogP contribution in [0.4, 0.5) is 5.69 Å². The highest BCUT2D eigenvalue weighted by atomic mass is 16.3.